The van der Waals surface area contributed by atoms with Crippen molar-refractivity contribution in [3.8, 4) is 11.5 Å². The zero-order valence-corrected chi connectivity index (χ0v) is 20.2. The van der Waals surface area contributed by atoms with Crippen molar-refractivity contribution in [3.63, 3.8) is 0 Å². The van der Waals surface area contributed by atoms with Gasteiger partial charge in [0.15, 0.2) is 5.11 Å². The first-order valence-corrected chi connectivity index (χ1v) is 11.8. The Hall–Kier alpha value is -3.91. The van der Waals surface area contributed by atoms with E-state index in [4.69, 9.17) is 27.4 Å². The Labute approximate surface area is 210 Å². The predicted octanol–water partition coefficient (Wildman–Crippen LogP) is 3.58. The molecule has 0 saturated carbocycles. The van der Waals surface area contributed by atoms with Crippen LogP contribution in [0.4, 0.5) is 0 Å². The Morgan fingerprint density at radius 1 is 0.800 bits per heavy atom. The van der Waals surface area contributed by atoms with Gasteiger partial charge < -0.3 is 20.1 Å². The molecule has 0 heterocycles. The molecule has 0 saturated heterocycles. The normalized spacial score (nSPS) is 10.3. The van der Waals surface area contributed by atoms with Crippen molar-refractivity contribution in [1.82, 2.24) is 10.2 Å². The Balaban J connectivity index is 1.49. The maximum atomic E-state index is 12.7. The van der Waals surface area contributed by atoms with Crippen LogP contribution in [-0.4, -0.2) is 48.1 Å². The van der Waals surface area contributed by atoms with Gasteiger partial charge in [-0.05, 0) is 60.6 Å². The number of thiocarbonyl (C=S) groups is 1. The first-order valence-electron chi connectivity index (χ1n) is 11.3. The maximum Gasteiger partial charge on any atom is 0.257 e. The molecule has 3 rings (SSSR count). The largest absolute Gasteiger partial charge is 0.490 e. The molecule has 7 nitrogen and oxygen atoms in total. The summed E-state index contributed by atoms with van der Waals surface area (Å²) in [5, 5.41) is 3.01. The van der Waals surface area contributed by atoms with Crippen molar-refractivity contribution in [2.24, 2.45) is 5.73 Å². The fraction of sp³-hybridized carbons (Fsp3) is 0.222. The zero-order chi connectivity index (χ0) is 24.9. The second kappa shape index (κ2) is 13.7. The van der Waals surface area contributed by atoms with Gasteiger partial charge in [0.25, 0.3) is 5.91 Å². The summed E-state index contributed by atoms with van der Waals surface area (Å²) in [4.78, 5) is 25.8. The van der Waals surface area contributed by atoms with Crippen LogP contribution in [0.3, 0.4) is 0 Å². The van der Waals surface area contributed by atoms with Crippen molar-refractivity contribution >= 4 is 29.1 Å². The number of ether oxygens (including phenoxy) is 2. The number of benzene rings is 3. The van der Waals surface area contributed by atoms with Crippen LogP contribution in [0, 0.1) is 0 Å². The monoisotopic (exact) mass is 491 g/mol. The molecule has 35 heavy (non-hydrogen) atoms. The summed E-state index contributed by atoms with van der Waals surface area (Å²) in [7, 11) is 0. The van der Waals surface area contributed by atoms with Crippen molar-refractivity contribution in [3.05, 3.63) is 96.1 Å². The minimum absolute atomic E-state index is 0.144. The van der Waals surface area contributed by atoms with E-state index < -0.39 is 5.91 Å². The molecule has 2 amide bonds. The number of nitrogens with zero attached hydrogens (tertiary/aromatic N) is 1. The van der Waals surface area contributed by atoms with E-state index in [1.807, 2.05) is 60.7 Å². The van der Waals surface area contributed by atoms with E-state index in [9.17, 15) is 9.59 Å². The van der Waals surface area contributed by atoms with E-state index in [0.29, 0.717) is 37.6 Å². The van der Waals surface area contributed by atoms with Gasteiger partial charge in [-0.1, -0.05) is 48.5 Å². The highest BCUT2D eigenvalue weighted by Crippen LogP contribution is 2.13. The molecule has 3 aromatic carbocycles. The molecule has 3 aromatic rings. The molecule has 0 aliphatic rings. The number of nitrogens with one attached hydrogen (secondary N) is 1. The number of rotatable bonds is 12. The molecule has 0 aromatic heterocycles. The van der Waals surface area contributed by atoms with Gasteiger partial charge in [-0.15, -0.1) is 0 Å². The summed E-state index contributed by atoms with van der Waals surface area (Å²) < 4.78 is 11.3. The molecule has 0 fully saturated rings. The van der Waals surface area contributed by atoms with Crippen molar-refractivity contribution in [1.29, 1.82) is 0 Å². The molecule has 8 heteroatoms. The van der Waals surface area contributed by atoms with E-state index >= 15 is 0 Å². The van der Waals surface area contributed by atoms with Gasteiger partial charge in [0.2, 0.25) is 5.91 Å². The Morgan fingerprint density at radius 3 is 1.97 bits per heavy atom. The lowest BCUT2D eigenvalue weighted by Crippen LogP contribution is -2.44. The number of hydrogen-bond donors (Lipinski definition) is 2. The number of nitrogens with two attached hydrogens (primary N) is 1. The maximum absolute atomic E-state index is 12.7. The van der Waals surface area contributed by atoms with E-state index in [0.717, 1.165) is 17.7 Å². The van der Waals surface area contributed by atoms with Gasteiger partial charge in [-0.3, -0.25) is 14.9 Å². The summed E-state index contributed by atoms with van der Waals surface area (Å²) in [5.74, 6) is 0.658. The summed E-state index contributed by atoms with van der Waals surface area (Å²) in [6, 6.07) is 26.2. The average molecular weight is 492 g/mol. The third-order valence-corrected chi connectivity index (χ3v) is 5.49. The first-order chi connectivity index (χ1) is 17.0. The second-order valence-corrected chi connectivity index (χ2v) is 8.12. The fourth-order valence-corrected chi connectivity index (χ4v) is 3.53. The van der Waals surface area contributed by atoms with E-state index in [2.05, 4.69) is 5.32 Å². The predicted molar refractivity (Wildman–Crippen MR) is 139 cm³/mol. The highest BCUT2D eigenvalue weighted by molar-refractivity contribution is 7.80. The number of amides is 2. The summed E-state index contributed by atoms with van der Waals surface area (Å²) in [6.45, 7) is 1.67. The average Bonchev–Trinajstić information content (AvgIpc) is 2.88. The third-order valence-electron chi connectivity index (χ3n) is 5.13. The van der Waals surface area contributed by atoms with Crippen molar-refractivity contribution < 1.29 is 19.1 Å². The van der Waals surface area contributed by atoms with Crippen molar-refractivity contribution in [2.45, 2.75) is 12.8 Å². The number of primary amides is 1. The lowest BCUT2D eigenvalue weighted by atomic mass is 10.1. The highest BCUT2D eigenvalue weighted by atomic mass is 32.1. The summed E-state index contributed by atoms with van der Waals surface area (Å²) in [5.41, 5.74) is 6.89. The topological polar surface area (TPSA) is 93.9 Å². The Kier molecular flexibility index (Phi) is 10.1. The standard InChI is InChI=1S/C27H29N3O4S/c28-25(31)16-18-30(17-15-21-7-3-1-4-8-21)27(35)29-26(32)22-11-13-24(14-12-22)34-20-19-33-23-9-5-2-6-10-23/h1-14H,15-20H2,(H2,28,31)(H,29,32,35). The smallest absolute Gasteiger partial charge is 0.257 e. The molecule has 0 atom stereocenters. The van der Waals surface area contributed by atoms with Crippen LogP contribution < -0.4 is 20.5 Å². The molecular formula is C27H29N3O4S. The van der Waals surface area contributed by atoms with Gasteiger partial charge in [0.1, 0.15) is 24.7 Å². The van der Waals surface area contributed by atoms with Crippen LogP contribution in [0.15, 0.2) is 84.9 Å². The summed E-state index contributed by atoms with van der Waals surface area (Å²) in [6.07, 6.45) is 0.862. The van der Waals surface area contributed by atoms with Crippen molar-refractivity contribution in [2.75, 3.05) is 26.3 Å². The minimum Gasteiger partial charge on any atom is -0.490 e. The van der Waals surface area contributed by atoms with Gasteiger partial charge in [-0.25, -0.2) is 0 Å². The SMILES string of the molecule is NC(=O)CCN(CCc1ccccc1)C(=S)NC(=O)c1ccc(OCCOc2ccccc2)cc1. The Bertz CT molecular complexity index is 1090. The Morgan fingerprint density at radius 2 is 1.37 bits per heavy atom. The van der Waals surface area contributed by atoms with Gasteiger partial charge in [-0.2, -0.15) is 0 Å². The van der Waals surface area contributed by atoms with Gasteiger partial charge >= 0.3 is 0 Å². The first kappa shape index (κ1) is 25.7. The van der Waals surface area contributed by atoms with Gasteiger partial charge in [0.05, 0.1) is 0 Å². The fourth-order valence-electron chi connectivity index (χ4n) is 3.26. The van der Waals surface area contributed by atoms with E-state index in [1.165, 1.54) is 0 Å². The molecule has 182 valence electrons. The molecule has 0 radical (unpaired) electrons. The molecule has 0 aliphatic heterocycles. The highest BCUT2D eigenvalue weighted by Gasteiger charge is 2.15. The third kappa shape index (κ3) is 9.10. The van der Waals surface area contributed by atoms with Crippen LogP contribution in [-0.2, 0) is 11.2 Å². The molecular weight excluding hydrogens is 462 g/mol. The summed E-state index contributed by atoms with van der Waals surface area (Å²) >= 11 is 5.46. The number of para-hydroxylation sites is 1. The molecule has 3 N–H and O–H groups in total. The van der Waals surface area contributed by atoms with Crippen LogP contribution in [0.25, 0.3) is 0 Å². The molecule has 0 unspecified atom stereocenters. The van der Waals surface area contributed by atoms with E-state index in [-0.39, 0.29) is 17.4 Å². The van der Waals surface area contributed by atoms with Crippen LogP contribution in [0.2, 0.25) is 0 Å². The van der Waals surface area contributed by atoms with Crippen LogP contribution >= 0.6 is 12.2 Å². The molecule has 0 bridgehead atoms. The quantitative estimate of drug-likeness (QED) is 0.297. The number of hydrogen-bond acceptors (Lipinski definition) is 5. The van der Waals surface area contributed by atoms with Crippen LogP contribution in [0.1, 0.15) is 22.3 Å². The number of carbonyl (C=O) groups is 2. The van der Waals surface area contributed by atoms with Gasteiger partial charge in [0, 0.05) is 25.1 Å². The molecule has 0 aliphatic carbocycles. The lowest BCUT2D eigenvalue weighted by molar-refractivity contribution is -0.118. The van der Waals surface area contributed by atoms with Crippen LogP contribution in [0.5, 0.6) is 11.5 Å². The second-order valence-electron chi connectivity index (χ2n) is 7.73. The number of carbonyl (C=O) groups excluding carboxylic acids is 2. The lowest BCUT2D eigenvalue weighted by Gasteiger charge is -2.25. The zero-order valence-electron chi connectivity index (χ0n) is 19.4. The van der Waals surface area contributed by atoms with E-state index in [1.54, 1.807) is 29.2 Å². The minimum atomic E-state index is -0.423. The molecule has 0 spiro atoms.